The van der Waals surface area contributed by atoms with Crippen LogP contribution in [0.15, 0.2) is 36.7 Å². The van der Waals surface area contributed by atoms with Crippen LogP contribution in [0.5, 0.6) is 0 Å². The molecule has 0 spiro atoms. The molecule has 0 fully saturated rings. The van der Waals surface area contributed by atoms with Crippen LogP contribution >= 0.6 is 0 Å². The second kappa shape index (κ2) is 6.97. The highest BCUT2D eigenvalue weighted by molar-refractivity contribution is 5.98. The Hall–Kier alpha value is -3.26. The summed E-state index contributed by atoms with van der Waals surface area (Å²) in [5.41, 5.74) is 3.88. The molecular formula is C21H19F2N3O3. The van der Waals surface area contributed by atoms with Crippen LogP contribution in [0.3, 0.4) is 0 Å². The summed E-state index contributed by atoms with van der Waals surface area (Å²) in [6, 6.07) is 7.27. The number of H-pyrrole nitrogens is 1. The molecule has 3 N–H and O–H groups in total. The van der Waals surface area contributed by atoms with Gasteiger partial charge < -0.3 is 19.8 Å². The number of aliphatic hydroxyl groups is 1. The lowest BCUT2D eigenvalue weighted by molar-refractivity contribution is -0.146. The van der Waals surface area contributed by atoms with Gasteiger partial charge in [0, 0.05) is 29.3 Å². The molecule has 4 aromatic rings. The number of halogens is 2. The molecule has 0 unspecified atom stereocenters. The second-order valence-corrected chi connectivity index (χ2v) is 7.30. The number of hydrogen-bond donors (Lipinski definition) is 3. The van der Waals surface area contributed by atoms with Crippen LogP contribution in [0.2, 0.25) is 0 Å². The summed E-state index contributed by atoms with van der Waals surface area (Å²) in [5.74, 6) is -3.34. The number of aromatic amines is 1. The number of nitrogens with zero attached hydrogens (tertiary/aromatic N) is 2. The molecule has 0 bridgehead atoms. The molecule has 2 aromatic carbocycles. The van der Waals surface area contributed by atoms with E-state index >= 15 is 0 Å². The Kier molecular flexibility index (Phi) is 4.58. The van der Waals surface area contributed by atoms with E-state index in [2.05, 4.69) is 9.97 Å². The molecule has 29 heavy (non-hydrogen) atoms. The fourth-order valence-corrected chi connectivity index (χ4v) is 3.80. The number of fused-ring (bicyclic) bond motifs is 2. The largest absolute Gasteiger partial charge is 0.479 e. The van der Waals surface area contributed by atoms with Crippen LogP contribution in [0.25, 0.3) is 27.6 Å². The van der Waals surface area contributed by atoms with Crippen molar-refractivity contribution in [1.82, 2.24) is 14.5 Å². The van der Waals surface area contributed by atoms with Crippen molar-refractivity contribution in [3.8, 4) is 5.69 Å². The molecule has 1 atom stereocenters. The fraction of sp³-hybridized carbons (Fsp3) is 0.238. The van der Waals surface area contributed by atoms with Gasteiger partial charge in [-0.1, -0.05) is 13.8 Å². The second-order valence-electron chi connectivity index (χ2n) is 7.30. The smallest absolute Gasteiger partial charge is 0.332 e. The lowest BCUT2D eigenvalue weighted by Gasteiger charge is -2.16. The molecule has 0 amide bonds. The van der Waals surface area contributed by atoms with Crippen molar-refractivity contribution in [2.24, 2.45) is 0 Å². The van der Waals surface area contributed by atoms with Gasteiger partial charge in [0.1, 0.15) is 0 Å². The summed E-state index contributed by atoms with van der Waals surface area (Å²) >= 11 is 0. The fourth-order valence-electron chi connectivity index (χ4n) is 3.80. The molecule has 6 nitrogen and oxygen atoms in total. The lowest BCUT2D eigenvalue weighted by atomic mass is 9.98. The van der Waals surface area contributed by atoms with Crippen molar-refractivity contribution < 1.29 is 23.8 Å². The highest BCUT2D eigenvalue weighted by Gasteiger charge is 2.26. The van der Waals surface area contributed by atoms with E-state index in [1.165, 1.54) is 6.07 Å². The predicted octanol–water partition coefficient (Wildman–Crippen LogP) is 3.90. The number of benzene rings is 2. The Bertz CT molecular complexity index is 1240. The van der Waals surface area contributed by atoms with Gasteiger partial charge in [-0.25, -0.2) is 18.6 Å². The van der Waals surface area contributed by atoms with E-state index in [1.54, 1.807) is 10.9 Å². The van der Waals surface area contributed by atoms with Crippen LogP contribution in [0.1, 0.15) is 31.0 Å². The van der Waals surface area contributed by atoms with E-state index in [-0.39, 0.29) is 12.3 Å². The molecule has 0 saturated carbocycles. The molecule has 0 radical (unpaired) electrons. The maximum Gasteiger partial charge on any atom is 0.332 e. The minimum absolute atomic E-state index is 0.0854. The molecule has 150 valence electrons. The van der Waals surface area contributed by atoms with E-state index in [9.17, 15) is 23.8 Å². The van der Waals surface area contributed by atoms with Crippen LogP contribution in [0.4, 0.5) is 8.78 Å². The Morgan fingerprint density at radius 3 is 2.62 bits per heavy atom. The van der Waals surface area contributed by atoms with Gasteiger partial charge in [0.05, 0.1) is 22.9 Å². The number of hydrogen-bond acceptors (Lipinski definition) is 3. The van der Waals surface area contributed by atoms with Crippen LogP contribution in [-0.4, -0.2) is 36.8 Å². The monoisotopic (exact) mass is 399 g/mol. The number of aliphatic hydroxyl groups excluding tert-OH is 1. The highest BCUT2D eigenvalue weighted by Crippen LogP contribution is 2.37. The van der Waals surface area contributed by atoms with Gasteiger partial charge in [-0.05, 0) is 35.7 Å². The molecule has 2 heterocycles. The number of aliphatic carboxylic acids is 1. The van der Waals surface area contributed by atoms with Gasteiger partial charge in [-0.2, -0.15) is 0 Å². The maximum absolute atomic E-state index is 14.0. The summed E-state index contributed by atoms with van der Waals surface area (Å²) in [6.07, 6.45) is -0.162. The zero-order valence-electron chi connectivity index (χ0n) is 15.8. The standard InChI is InChI=1S/C21H19F2N3O3/c1-10(2)20-13(7-19(27)21(28)29)12-6-16-17(25-9-24-16)8-18(12)26(20)11-3-4-14(22)15(23)5-11/h3-6,8-10,19,27H,7H2,1-2H3,(H,24,25)(H,28,29)/t19-/m1/s1. The average Bonchev–Trinajstić information content (AvgIpc) is 3.24. The average molecular weight is 399 g/mol. The summed E-state index contributed by atoms with van der Waals surface area (Å²) in [5, 5.41) is 20.0. The number of imidazole rings is 1. The minimum atomic E-state index is -1.59. The quantitative estimate of drug-likeness (QED) is 0.475. The predicted molar refractivity (Wildman–Crippen MR) is 104 cm³/mol. The van der Waals surface area contributed by atoms with Gasteiger partial charge in [0.2, 0.25) is 0 Å². The third-order valence-corrected chi connectivity index (χ3v) is 5.04. The summed E-state index contributed by atoms with van der Waals surface area (Å²) in [6.45, 7) is 3.84. The molecule has 8 heteroatoms. The third kappa shape index (κ3) is 3.15. The van der Waals surface area contributed by atoms with Crippen molar-refractivity contribution in [3.63, 3.8) is 0 Å². The first-order chi connectivity index (χ1) is 13.8. The Balaban J connectivity index is 2.10. The number of carbonyl (C=O) groups is 1. The van der Waals surface area contributed by atoms with E-state index in [4.69, 9.17) is 0 Å². The highest BCUT2D eigenvalue weighted by atomic mass is 19.2. The molecule has 0 aliphatic rings. The minimum Gasteiger partial charge on any atom is -0.479 e. The number of nitrogens with one attached hydrogen (secondary N) is 1. The first kappa shape index (κ1) is 19.1. The third-order valence-electron chi connectivity index (χ3n) is 5.04. The maximum atomic E-state index is 14.0. The van der Waals surface area contributed by atoms with Gasteiger partial charge in [-0.3, -0.25) is 0 Å². The molecule has 4 rings (SSSR count). The van der Waals surface area contributed by atoms with Crippen molar-refractivity contribution in [1.29, 1.82) is 0 Å². The zero-order valence-corrected chi connectivity index (χ0v) is 15.8. The summed E-state index contributed by atoms with van der Waals surface area (Å²) < 4.78 is 29.3. The first-order valence-corrected chi connectivity index (χ1v) is 9.14. The van der Waals surface area contributed by atoms with Gasteiger partial charge in [0.25, 0.3) is 0 Å². The van der Waals surface area contributed by atoms with Crippen molar-refractivity contribution in [3.05, 3.63) is 59.6 Å². The molecule has 0 saturated heterocycles. The van der Waals surface area contributed by atoms with Crippen molar-refractivity contribution in [2.75, 3.05) is 0 Å². The first-order valence-electron chi connectivity index (χ1n) is 9.14. The number of rotatable bonds is 5. The molecule has 2 aromatic heterocycles. The Morgan fingerprint density at radius 2 is 1.97 bits per heavy atom. The van der Waals surface area contributed by atoms with Crippen molar-refractivity contribution in [2.45, 2.75) is 32.3 Å². The van der Waals surface area contributed by atoms with E-state index in [1.807, 2.05) is 26.0 Å². The van der Waals surface area contributed by atoms with E-state index in [0.29, 0.717) is 22.3 Å². The van der Waals surface area contributed by atoms with Crippen LogP contribution in [0, 0.1) is 11.6 Å². The SMILES string of the molecule is CC(C)c1c(C[C@@H](O)C(=O)O)c2cc3[nH]cnc3cc2n1-c1ccc(F)c(F)c1. The van der Waals surface area contributed by atoms with Crippen molar-refractivity contribution >= 4 is 27.9 Å². The van der Waals surface area contributed by atoms with Gasteiger partial charge >= 0.3 is 5.97 Å². The number of carboxylic acid groups (broad SMARTS) is 1. The molecular weight excluding hydrogens is 380 g/mol. The van der Waals surface area contributed by atoms with Crippen LogP contribution < -0.4 is 0 Å². The molecule has 0 aliphatic heterocycles. The lowest BCUT2D eigenvalue weighted by Crippen LogP contribution is -2.22. The Labute approximate surface area is 164 Å². The van der Waals surface area contributed by atoms with Gasteiger partial charge in [0.15, 0.2) is 17.7 Å². The number of carboxylic acids is 1. The normalized spacial score (nSPS) is 12.9. The van der Waals surface area contributed by atoms with E-state index < -0.39 is 23.7 Å². The summed E-state index contributed by atoms with van der Waals surface area (Å²) in [4.78, 5) is 18.6. The van der Waals surface area contributed by atoms with Gasteiger partial charge in [-0.15, -0.1) is 0 Å². The summed E-state index contributed by atoms with van der Waals surface area (Å²) in [7, 11) is 0. The molecule has 0 aliphatic carbocycles. The number of aromatic nitrogens is 3. The Morgan fingerprint density at radius 1 is 1.21 bits per heavy atom. The topological polar surface area (TPSA) is 91.1 Å². The van der Waals surface area contributed by atoms with E-state index in [0.717, 1.165) is 28.7 Å². The zero-order chi connectivity index (χ0) is 20.9. The van der Waals surface area contributed by atoms with Crippen LogP contribution in [-0.2, 0) is 11.2 Å².